The van der Waals surface area contributed by atoms with Crippen LogP contribution < -0.4 is 0 Å². The summed E-state index contributed by atoms with van der Waals surface area (Å²) in [5, 5.41) is 66.3. The minimum absolute atomic E-state index is 0. The van der Waals surface area contributed by atoms with Gasteiger partial charge in [0.25, 0.3) is 0 Å². The van der Waals surface area contributed by atoms with Gasteiger partial charge in [-0.15, -0.1) is 12.4 Å². The molecule has 0 amide bonds. The average Bonchev–Trinajstić information content (AvgIpc) is 2.35. The van der Waals surface area contributed by atoms with Crippen LogP contribution in [-0.2, 0) is 24.0 Å². The number of carbonyl (C=O) groups is 5. The van der Waals surface area contributed by atoms with E-state index in [4.69, 9.17) is 40.9 Å². The first-order valence-corrected chi connectivity index (χ1v) is 5.45. The number of hydrogen-bond donors (Lipinski definition) is 8. The molecule has 0 heterocycles. The fourth-order valence-corrected chi connectivity index (χ4v) is 0.984. The molecule has 0 bridgehead atoms. The van der Waals surface area contributed by atoms with E-state index in [0.29, 0.717) is 0 Å². The molecule has 0 aliphatic carbocycles. The molecule has 0 aliphatic rings. The molecule has 15 heteroatoms. The van der Waals surface area contributed by atoms with Crippen molar-refractivity contribution in [3.05, 3.63) is 0 Å². The Hall–Kier alpha value is -1.48. The van der Waals surface area contributed by atoms with Crippen LogP contribution in [0.5, 0.6) is 0 Å². The molecule has 13 nitrogen and oxygen atoms in total. The number of hydrogen-bond acceptors (Lipinski definition) is 8. The topological polar surface area (TPSA) is 247 Å². The molecule has 0 aromatic rings. The van der Waals surface area contributed by atoms with E-state index >= 15 is 0 Å². The Balaban J connectivity index is -0.000000168. The maximum atomic E-state index is 10.3. The molecule has 0 saturated carbocycles. The van der Waals surface area contributed by atoms with E-state index in [1.165, 1.54) is 0 Å². The first kappa shape index (κ1) is 31.3. The molecule has 0 radical (unpaired) electrons. The van der Waals surface area contributed by atoms with E-state index < -0.39 is 60.5 Å². The molecular weight excluding hydrogens is 387 g/mol. The van der Waals surface area contributed by atoms with Crippen molar-refractivity contribution in [2.24, 2.45) is 0 Å². The second-order valence-corrected chi connectivity index (χ2v) is 4.04. The molecule has 0 saturated heterocycles. The van der Waals surface area contributed by atoms with Gasteiger partial charge in [-0.2, -0.15) is 0 Å². The number of carboxylic acid groups (broad SMARTS) is 5. The van der Waals surface area contributed by atoms with Gasteiger partial charge in [0.2, 0.25) is 0 Å². The van der Waals surface area contributed by atoms with Crippen molar-refractivity contribution in [2.45, 2.75) is 30.7 Å². The number of halogens is 1. The van der Waals surface area contributed by atoms with Gasteiger partial charge in [0.15, 0.2) is 17.8 Å². The Labute approximate surface area is 167 Å². The van der Waals surface area contributed by atoms with Crippen molar-refractivity contribution in [1.82, 2.24) is 0 Å². The standard InChI is InChI=1S/C6H8O7.C4H6O6.ClH.Na.H/c7-3(8)1-6(13,5(11)12)2-4(9)10;5-1(3(7)8)2(6)4(9)10;;;/h13H,1-2H2,(H,7,8)(H,9,10)(H,11,12);1-2,5-6H,(H,7,8)(H,9,10);1H;;. The normalized spacial score (nSPS) is 12.0. The molecule has 0 spiro atoms. The second-order valence-electron chi connectivity index (χ2n) is 4.04. The zero-order valence-electron chi connectivity index (χ0n) is 11.6. The zero-order chi connectivity index (χ0) is 19.0. The predicted molar refractivity (Wildman–Crippen MR) is 78.8 cm³/mol. The minimum atomic E-state index is -2.74. The van der Waals surface area contributed by atoms with Gasteiger partial charge in [0.05, 0.1) is 12.8 Å². The van der Waals surface area contributed by atoms with E-state index in [9.17, 15) is 24.0 Å². The Bertz CT molecular complexity index is 459. The van der Waals surface area contributed by atoms with Gasteiger partial charge in [0.1, 0.15) is 0 Å². The second kappa shape index (κ2) is 13.8. The van der Waals surface area contributed by atoms with Crippen LogP contribution in [0.4, 0.5) is 0 Å². The maximum absolute atomic E-state index is 10.3. The average molecular weight is 403 g/mol. The van der Waals surface area contributed by atoms with Crippen molar-refractivity contribution >= 4 is 71.8 Å². The van der Waals surface area contributed by atoms with Gasteiger partial charge in [-0.3, -0.25) is 9.59 Å². The summed E-state index contributed by atoms with van der Waals surface area (Å²) in [6.45, 7) is 0. The number of rotatable bonds is 8. The summed E-state index contributed by atoms with van der Waals surface area (Å²) in [7, 11) is 0. The molecule has 0 aromatic carbocycles. The van der Waals surface area contributed by atoms with Crippen molar-refractivity contribution < 1.29 is 64.8 Å². The third-order valence-electron chi connectivity index (χ3n) is 2.09. The fourth-order valence-electron chi connectivity index (χ4n) is 0.984. The van der Waals surface area contributed by atoms with Crippen LogP contribution in [0.15, 0.2) is 0 Å². The van der Waals surface area contributed by atoms with Crippen LogP contribution in [0, 0.1) is 0 Å². The molecule has 142 valence electrons. The van der Waals surface area contributed by atoms with Crippen LogP contribution in [0.1, 0.15) is 12.8 Å². The molecule has 25 heavy (non-hydrogen) atoms. The molecule has 2 unspecified atom stereocenters. The summed E-state index contributed by atoms with van der Waals surface area (Å²) in [5.41, 5.74) is -2.74. The third-order valence-corrected chi connectivity index (χ3v) is 2.09. The Morgan fingerprint density at radius 3 is 1.08 bits per heavy atom. The number of carboxylic acids is 5. The summed E-state index contributed by atoms with van der Waals surface area (Å²) < 4.78 is 0. The Morgan fingerprint density at radius 2 is 0.960 bits per heavy atom. The van der Waals surface area contributed by atoms with Crippen molar-refractivity contribution in [1.29, 1.82) is 0 Å². The van der Waals surface area contributed by atoms with Gasteiger partial charge in [-0.1, -0.05) is 0 Å². The fraction of sp³-hybridized carbons (Fsp3) is 0.500. The van der Waals surface area contributed by atoms with Crippen LogP contribution in [-0.4, -0.2) is 118 Å². The number of aliphatic hydroxyl groups excluding tert-OH is 2. The third kappa shape index (κ3) is 13.5. The summed E-state index contributed by atoms with van der Waals surface area (Å²) >= 11 is 0. The van der Waals surface area contributed by atoms with Gasteiger partial charge >= 0.3 is 59.4 Å². The van der Waals surface area contributed by atoms with E-state index in [2.05, 4.69) is 0 Å². The first-order chi connectivity index (χ1) is 10.2. The molecule has 0 aromatic heterocycles. The van der Waals surface area contributed by atoms with E-state index in [1.54, 1.807) is 0 Å². The van der Waals surface area contributed by atoms with Gasteiger partial charge in [-0.25, -0.2) is 14.4 Å². The number of aliphatic hydroxyl groups is 3. The summed E-state index contributed by atoms with van der Waals surface area (Å²) in [6, 6.07) is 0. The summed E-state index contributed by atoms with van der Waals surface area (Å²) in [5.74, 6) is -8.56. The SMILES string of the molecule is Cl.O=C(O)C(O)C(O)C(=O)O.O=C(O)CC(O)(CC(=O)O)C(=O)O.[NaH]. The number of aliphatic carboxylic acids is 5. The molecule has 8 N–H and O–H groups in total. The van der Waals surface area contributed by atoms with Crippen LogP contribution in [0.25, 0.3) is 0 Å². The van der Waals surface area contributed by atoms with Crippen molar-refractivity contribution in [3.63, 3.8) is 0 Å². The molecule has 0 fully saturated rings. The monoisotopic (exact) mass is 402 g/mol. The molecule has 0 aliphatic heterocycles. The summed E-state index contributed by atoms with van der Waals surface area (Å²) in [4.78, 5) is 50.0. The van der Waals surface area contributed by atoms with E-state index in [-0.39, 0.29) is 42.0 Å². The van der Waals surface area contributed by atoms with Gasteiger partial charge in [-0.05, 0) is 0 Å². The molecule has 0 rings (SSSR count). The van der Waals surface area contributed by atoms with E-state index in [1.807, 2.05) is 0 Å². The van der Waals surface area contributed by atoms with Crippen molar-refractivity contribution in [2.75, 3.05) is 0 Å². The molecular formula is C10H16ClNaO13. The first-order valence-electron chi connectivity index (χ1n) is 5.45. The van der Waals surface area contributed by atoms with Crippen LogP contribution >= 0.6 is 12.4 Å². The Kier molecular flexibility index (Phi) is 17.2. The zero-order valence-corrected chi connectivity index (χ0v) is 12.4. The van der Waals surface area contributed by atoms with Crippen LogP contribution in [0.3, 0.4) is 0 Å². The van der Waals surface area contributed by atoms with Crippen LogP contribution in [0.2, 0.25) is 0 Å². The summed E-state index contributed by atoms with van der Waals surface area (Å²) in [6.07, 6.45) is -6.82. The van der Waals surface area contributed by atoms with Gasteiger partial charge < -0.3 is 40.9 Å². The van der Waals surface area contributed by atoms with E-state index in [0.717, 1.165) is 0 Å². The van der Waals surface area contributed by atoms with Crippen molar-refractivity contribution in [3.8, 4) is 0 Å². The van der Waals surface area contributed by atoms with Gasteiger partial charge in [0, 0.05) is 0 Å². The Morgan fingerprint density at radius 1 is 0.720 bits per heavy atom. The quantitative estimate of drug-likeness (QED) is 0.183. The molecule has 2 atom stereocenters. The predicted octanol–water partition coefficient (Wildman–Crippen LogP) is -3.60.